The Hall–Kier alpha value is -1.42. The Morgan fingerprint density at radius 1 is 1.33 bits per heavy atom. The number of aromatic nitrogens is 1. The van der Waals surface area contributed by atoms with Gasteiger partial charge in [-0.15, -0.1) is 0 Å². The van der Waals surface area contributed by atoms with E-state index >= 15 is 0 Å². The molecule has 0 aliphatic carbocycles. The lowest BCUT2D eigenvalue weighted by Crippen LogP contribution is -2.45. The van der Waals surface area contributed by atoms with E-state index in [-0.39, 0.29) is 12.6 Å². The fourth-order valence-corrected chi connectivity index (χ4v) is 2.44. The first-order chi connectivity index (χ1) is 8.19. The fourth-order valence-electron chi connectivity index (χ4n) is 2.44. The van der Waals surface area contributed by atoms with Crippen LogP contribution in [-0.2, 0) is 21.7 Å². The van der Waals surface area contributed by atoms with Gasteiger partial charge in [0.2, 0.25) is 0 Å². The molecule has 0 radical (unpaired) electrons. The summed E-state index contributed by atoms with van der Waals surface area (Å²) >= 11 is 0. The fraction of sp³-hybridized carbons (Fsp3) is 0.571. The number of nitrogens with zero attached hydrogens (tertiary/aromatic N) is 1. The summed E-state index contributed by atoms with van der Waals surface area (Å²) in [5, 5.41) is 10.9. The van der Waals surface area contributed by atoms with Gasteiger partial charge in [0, 0.05) is 17.5 Å². The normalized spacial score (nSPS) is 26.2. The molecular formula is C14H19NO3. The summed E-state index contributed by atoms with van der Waals surface area (Å²) in [5.41, 5.74) is 1.00. The van der Waals surface area contributed by atoms with Crippen LogP contribution >= 0.6 is 0 Å². The van der Waals surface area contributed by atoms with E-state index in [1.165, 1.54) is 0 Å². The number of fused-ring (bicyclic) bond motifs is 1. The highest BCUT2D eigenvalue weighted by Crippen LogP contribution is 2.45. The number of rotatable bonds is 0. The van der Waals surface area contributed by atoms with Crippen LogP contribution in [0, 0.1) is 19.3 Å². The molecule has 1 unspecified atom stereocenters. The average Bonchev–Trinajstić information content (AvgIpc) is 2.34. The van der Waals surface area contributed by atoms with Crippen molar-refractivity contribution in [3.8, 4) is 0 Å². The van der Waals surface area contributed by atoms with Crippen LogP contribution in [0.3, 0.4) is 0 Å². The Balaban J connectivity index is 2.79. The average molecular weight is 249 g/mol. The molecule has 1 N–H and O–H groups in total. The molecule has 1 aromatic heterocycles. The molecule has 1 aromatic rings. The lowest BCUT2D eigenvalue weighted by molar-refractivity contribution is -0.169. The number of carbonyl (C=O) groups excluding carboxylic acids is 1. The first-order valence-corrected chi connectivity index (χ1v) is 6.04. The Morgan fingerprint density at radius 2 is 1.94 bits per heavy atom. The van der Waals surface area contributed by atoms with Crippen LogP contribution in [-0.4, -0.2) is 16.1 Å². The molecule has 0 amide bonds. The quantitative estimate of drug-likeness (QED) is 0.714. The van der Waals surface area contributed by atoms with Gasteiger partial charge in [0.25, 0.3) is 0 Å². The van der Waals surface area contributed by atoms with E-state index in [1.54, 1.807) is 27.0 Å². The molecule has 0 aromatic carbocycles. The third-order valence-electron chi connectivity index (χ3n) is 4.15. The number of hydrogen-bond acceptors (Lipinski definition) is 4. The molecule has 0 spiro atoms. The summed E-state index contributed by atoms with van der Waals surface area (Å²) in [5.74, 6) is -0.387. The molecule has 4 nitrogen and oxygen atoms in total. The van der Waals surface area contributed by atoms with Gasteiger partial charge < -0.3 is 9.84 Å². The first-order valence-electron chi connectivity index (χ1n) is 6.04. The van der Waals surface area contributed by atoms with Crippen LogP contribution in [0.25, 0.3) is 0 Å². The summed E-state index contributed by atoms with van der Waals surface area (Å²) in [6.45, 7) is 9.02. The van der Waals surface area contributed by atoms with E-state index in [0.717, 1.165) is 22.4 Å². The summed E-state index contributed by atoms with van der Waals surface area (Å²) < 4.78 is 5.28. The minimum absolute atomic E-state index is 0.175. The van der Waals surface area contributed by atoms with Crippen LogP contribution in [0.15, 0.2) is 6.20 Å². The predicted molar refractivity (Wildman–Crippen MR) is 66.9 cm³/mol. The maximum Gasteiger partial charge on any atom is 0.315 e. The van der Waals surface area contributed by atoms with Gasteiger partial charge in [-0.3, -0.25) is 9.78 Å². The second kappa shape index (κ2) is 3.79. The predicted octanol–water partition coefficient (Wildman–Crippen LogP) is 1.99. The van der Waals surface area contributed by atoms with Crippen LogP contribution < -0.4 is 0 Å². The van der Waals surface area contributed by atoms with Crippen LogP contribution in [0.1, 0.15) is 43.2 Å². The maximum atomic E-state index is 12.0. The van der Waals surface area contributed by atoms with Crippen LogP contribution in [0.4, 0.5) is 0 Å². The van der Waals surface area contributed by atoms with E-state index in [9.17, 15) is 9.90 Å². The summed E-state index contributed by atoms with van der Waals surface area (Å²) in [6, 6.07) is 0. The number of aliphatic hydroxyl groups is 1. The zero-order valence-corrected chi connectivity index (χ0v) is 11.5. The van der Waals surface area contributed by atoms with Crippen LogP contribution in [0.5, 0.6) is 0 Å². The molecule has 2 rings (SSSR count). The number of carbonyl (C=O) groups is 1. The molecule has 1 aliphatic rings. The summed E-state index contributed by atoms with van der Waals surface area (Å²) in [6.07, 6.45) is 1.73. The number of aryl methyl sites for hydroxylation is 2. The SMILES string of the molecule is Cc1cnc(C)c2c1C(C)(O)C(C)(C)C(=O)OC2. The van der Waals surface area contributed by atoms with E-state index < -0.39 is 11.0 Å². The van der Waals surface area contributed by atoms with E-state index in [0.29, 0.717) is 0 Å². The molecule has 98 valence electrons. The van der Waals surface area contributed by atoms with Gasteiger partial charge >= 0.3 is 5.97 Å². The standard InChI is InChI=1S/C14H19NO3/c1-8-6-15-9(2)10-7-18-12(16)13(3,4)14(5,17)11(8)10/h6,17H,7H2,1-5H3. The van der Waals surface area contributed by atoms with Crippen molar-refractivity contribution in [3.05, 3.63) is 28.6 Å². The molecule has 0 fully saturated rings. The Morgan fingerprint density at radius 3 is 2.56 bits per heavy atom. The second-order valence-corrected chi connectivity index (χ2v) is 5.65. The maximum absolute atomic E-state index is 12.0. The van der Waals surface area contributed by atoms with Gasteiger partial charge in [-0.2, -0.15) is 0 Å². The number of cyclic esters (lactones) is 1. The summed E-state index contributed by atoms with van der Waals surface area (Å²) in [7, 11) is 0. The molecule has 2 heterocycles. The summed E-state index contributed by atoms with van der Waals surface area (Å²) in [4.78, 5) is 16.3. The molecule has 4 heteroatoms. The lowest BCUT2D eigenvalue weighted by Gasteiger charge is -2.37. The van der Waals surface area contributed by atoms with Crippen molar-refractivity contribution in [2.45, 2.75) is 46.8 Å². The molecule has 1 atom stereocenters. The highest BCUT2D eigenvalue weighted by Gasteiger charge is 2.51. The van der Waals surface area contributed by atoms with Gasteiger partial charge in [0.15, 0.2) is 0 Å². The minimum Gasteiger partial charge on any atom is -0.460 e. The van der Waals surface area contributed by atoms with E-state index in [4.69, 9.17) is 4.74 Å². The molecule has 1 aliphatic heterocycles. The molecular weight excluding hydrogens is 230 g/mol. The first kappa shape index (κ1) is 13.0. The number of pyridine rings is 1. The van der Waals surface area contributed by atoms with Crippen molar-refractivity contribution in [3.63, 3.8) is 0 Å². The Labute approximate surface area is 107 Å². The zero-order valence-electron chi connectivity index (χ0n) is 11.5. The topological polar surface area (TPSA) is 59.4 Å². The van der Waals surface area contributed by atoms with Crippen molar-refractivity contribution in [1.29, 1.82) is 0 Å². The third kappa shape index (κ3) is 1.56. The zero-order chi connectivity index (χ0) is 13.7. The highest BCUT2D eigenvalue weighted by atomic mass is 16.5. The number of esters is 1. The molecule has 0 saturated carbocycles. The largest absolute Gasteiger partial charge is 0.460 e. The van der Waals surface area contributed by atoms with Crippen molar-refractivity contribution in [2.24, 2.45) is 5.41 Å². The van der Waals surface area contributed by atoms with Gasteiger partial charge in [-0.25, -0.2) is 0 Å². The Kier molecular flexibility index (Phi) is 2.74. The van der Waals surface area contributed by atoms with Gasteiger partial charge in [0.1, 0.15) is 12.2 Å². The monoisotopic (exact) mass is 249 g/mol. The lowest BCUT2D eigenvalue weighted by atomic mass is 9.70. The van der Waals surface area contributed by atoms with Gasteiger partial charge in [0.05, 0.1) is 5.41 Å². The number of ether oxygens (including phenoxy) is 1. The van der Waals surface area contributed by atoms with Gasteiger partial charge in [-0.05, 0) is 45.7 Å². The highest BCUT2D eigenvalue weighted by molar-refractivity contribution is 5.79. The van der Waals surface area contributed by atoms with Crippen LogP contribution in [0.2, 0.25) is 0 Å². The minimum atomic E-state index is -1.27. The third-order valence-corrected chi connectivity index (χ3v) is 4.15. The smallest absolute Gasteiger partial charge is 0.315 e. The van der Waals surface area contributed by atoms with Crippen molar-refractivity contribution >= 4 is 5.97 Å². The van der Waals surface area contributed by atoms with Crippen molar-refractivity contribution in [1.82, 2.24) is 4.98 Å². The number of hydrogen-bond donors (Lipinski definition) is 1. The second-order valence-electron chi connectivity index (χ2n) is 5.65. The van der Waals surface area contributed by atoms with E-state index in [2.05, 4.69) is 4.98 Å². The van der Waals surface area contributed by atoms with Crippen molar-refractivity contribution in [2.75, 3.05) is 0 Å². The van der Waals surface area contributed by atoms with E-state index in [1.807, 2.05) is 13.8 Å². The molecule has 0 bridgehead atoms. The molecule has 0 saturated heterocycles. The van der Waals surface area contributed by atoms with Crippen molar-refractivity contribution < 1.29 is 14.6 Å². The molecule has 18 heavy (non-hydrogen) atoms. The Bertz CT molecular complexity index is 518. The van der Waals surface area contributed by atoms with Gasteiger partial charge in [-0.1, -0.05) is 0 Å².